The standard InChI is InChI=1S/C12H22O3/c1-11(2,3)12(4,15)9-7-5-6-8-10(13)14/h5,7,15H,6,8-9H2,1-4H3,(H,13,14)/b7-5+. The maximum atomic E-state index is 10.2. The Labute approximate surface area is 91.8 Å². The van der Waals surface area contributed by atoms with Crippen LogP contribution in [0.1, 0.15) is 47.0 Å². The predicted octanol–water partition coefficient (Wildman–Crippen LogP) is 2.59. The Balaban J connectivity index is 3.99. The minimum Gasteiger partial charge on any atom is -0.481 e. The van der Waals surface area contributed by atoms with E-state index in [0.717, 1.165) is 0 Å². The van der Waals surface area contributed by atoms with Gasteiger partial charge in [-0.3, -0.25) is 4.79 Å². The van der Waals surface area contributed by atoms with Gasteiger partial charge < -0.3 is 10.2 Å². The summed E-state index contributed by atoms with van der Waals surface area (Å²) in [6.07, 6.45) is 4.89. The van der Waals surface area contributed by atoms with Gasteiger partial charge in [-0.05, 0) is 25.2 Å². The Morgan fingerprint density at radius 1 is 1.20 bits per heavy atom. The molecule has 0 spiro atoms. The Morgan fingerprint density at radius 3 is 2.13 bits per heavy atom. The molecule has 3 nitrogen and oxygen atoms in total. The highest BCUT2D eigenvalue weighted by atomic mass is 16.4. The molecule has 0 saturated heterocycles. The quantitative estimate of drug-likeness (QED) is 0.692. The molecule has 0 radical (unpaired) electrons. The number of allylic oxidation sites excluding steroid dienone is 1. The van der Waals surface area contributed by atoms with Crippen molar-refractivity contribution >= 4 is 5.97 Å². The fourth-order valence-corrected chi connectivity index (χ4v) is 0.944. The second kappa shape index (κ2) is 5.31. The second-order valence-electron chi connectivity index (χ2n) is 5.13. The van der Waals surface area contributed by atoms with E-state index in [4.69, 9.17) is 5.11 Å². The Morgan fingerprint density at radius 2 is 1.73 bits per heavy atom. The molecule has 0 aromatic carbocycles. The van der Waals surface area contributed by atoms with Crippen molar-refractivity contribution in [3.05, 3.63) is 12.2 Å². The molecule has 0 heterocycles. The van der Waals surface area contributed by atoms with E-state index < -0.39 is 11.6 Å². The van der Waals surface area contributed by atoms with E-state index in [1.54, 1.807) is 6.92 Å². The molecule has 0 bridgehead atoms. The number of carbonyl (C=O) groups is 1. The lowest BCUT2D eigenvalue weighted by atomic mass is 9.76. The summed E-state index contributed by atoms with van der Waals surface area (Å²) < 4.78 is 0. The molecule has 0 aromatic heterocycles. The molecule has 1 atom stereocenters. The van der Waals surface area contributed by atoms with Crippen LogP contribution in [0, 0.1) is 5.41 Å². The molecule has 0 aliphatic heterocycles. The zero-order valence-corrected chi connectivity index (χ0v) is 10.1. The van der Waals surface area contributed by atoms with Crippen LogP contribution in [0.15, 0.2) is 12.2 Å². The molecule has 0 aromatic rings. The molecule has 3 heteroatoms. The van der Waals surface area contributed by atoms with Crippen molar-refractivity contribution in [3.8, 4) is 0 Å². The van der Waals surface area contributed by atoms with Gasteiger partial charge in [-0.1, -0.05) is 32.9 Å². The zero-order chi connectivity index (χ0) is 12.1. The van der Waals surface area contributed by atoms with Gasteiger partial charge in [0, 0.05) is 6.42 Å². The first-order valence-corrected chi connectivity index (χ1v) is 5.26. The van der Waals surface area contributed by atoms with Gasteiger partial charge in [0.05, 0.1) is 5.60 Å². The summed E-state index contributed by atoms with van der Waals surface area (Å²) in [5.74, 6) is -0.790. The molecular formula is C12H22O3. The average molecular weight is 214 g/mol. The van der Waals surface area contributed by atoms with Gasteiger partial charge in [-0.15, -0.1) is 0 Å². The van der Waals surface area contributed by atoms with Gasteiger partial charge in [0.25, 0.3) is 0 Å². The van der Waals surface area contributed by atoms with Gasteiger partial charge in [0.1, 0.15) is 0 Å². The minimum absolute atomic E-state index is 0.147. The number of aliphatic carboxylic acids is 1. The molecule has 0 aliphatic carbocycles. The molecular weight excluding hydrogens is 192 g/mol. The van der Waals surface area contributed by atoms with Crippen molar-refractivity contribution in [2.45, 2.75) is 52.6 Å². The maximum Gasteiger partial charge on any atom is 0.303 e. The van der Waals surface area contributed by atoms with Gasteiger partial charge in [-0.2, -0.15) is 0 Å². The average Bonchev–Trinajstić information content (AvgIpc) is 2.00. The fraction of sp³-hybridized carbons (Fsp3) is 0.750. The smallest absolute Gasteiger partial charge is 0.303 e. The van der Waals surface area contributed by atoms with Gasteiger partial charge in [-0.25, -0.2) is 0 Å². The second-order valence-corrected chi connectivity index (χ2v) is 5.13. The van der Waals surface area contributed by atoms with Gasteiger partial charge in [0.2, 0.25) is 0 Å². The molecule has 0 aliphatic rings. The number of aliphatic hydroxyl groups is 1. The van der Waals surface area contributed by atoms with E-state index in [2.05, 4.69) is 0 Å². The van der Waals surface area contributed by atoms with Crippen molar-refractivity contribution in [1.82, 2.24) is 0 Å². The summed E-state index contributed by atoms with van der Waals surface area (Å²) in [6, 6.07) is 0. The molecule has 0 amide bonds. The SMILES string of the molecule is CC(C)(C)C(C)(O)C/C=C/CCC(=O)O. The highest BCUT2D eigenvalue weighted by molar-refractivity contribution is 5.66. The number of rotatable bonds is 5. The van der Waals surface area contributed by atoms with E-state index in [1.165, 1.54) is 0 Å². The van der Waals surface area contributed by atoms with Crippen molar-refractivity contribution in [1.29, 1.82) is 0 Å². The fourth-order valence-electron chi connectivity index (χ4n) is 0.944. The normalized spacial score (nSPS) is 16.6. The summed E-state index contributed by atoms with van der Waals surface area (Å²) in [5.41, 5.74) is -0.934. The summed E-state index contributed by atoms with van der Waals surface area (Å²) in [7, 11) is 0. The van der Waals surface area contributed by atoms with E-state index in [-0.39, 0.29) is 11.8 Å². The van der Waals surface area contributed by atoms with Crippen molar-refractivity contribution in [2.24, 2.45) is 5.41 Å². The van der Waals surface area contributed by atoms with Gasteiger partial charge >= 0.3 is 5.97 Å². The van der Waals surface area contributed by atoms with Crippen LogP contribution in [-0.2, 0) is 4.79 Å². The lowest BCUT2D eigenvalue weighted by Crippen LogP contribution is -2.39. The van der Waals surface area contributed by atoms with Crippen molar-refractivity contribution in [3.63, 3.8) is 0 Å². The summed E-state index contributed by atoms with van der Waals surface area (Å²) in [4.78, 5) is 10.2. The predicted molar refractivity (Wildman–Crippen MR) is 60.7 cm³/mol. The number of carboxylic acids is 1. The van der Waals surface area contributed by atoms with Crippen molar-refractivity contribution in [2.75, 3.05) is 0 Å². The third-order valence-corrected chi connectivity index (χ3v) is 2.82. The lowest BCUT2D eigenvalue weighted by molar-refractivity contribution is -0.136. The third-order valence-electron chi connectivity index (χ3n) is 2.82. The van der Waals surface area contributed by atoms with Crippen LogP contribution in [0.25, 0.3) is 0 Å². The third kappa shape index (κ3) is 5.57. The molecule has 0 rings (SSSR count). The monoisotopic (exact) mass is 214 g/mol. The van der Waals surface area contributed by atoms with Crippen LogP contribution in [0.3, 0.4) is 0 Å². The van der Waals surface area contributed by atoms with Crippen LogP contribution in [-0.4, -0.2) is 21.8 Å². The molecule has 88 valence electrons. The Bertz CT molecular complexity index is 234. The van der Waals surface area contributed by atoms with E-state index in [0.29, 0.717) is 12.8 Å². The molecule has 15 heavy (non-hydrogen) atoms. The summed E-state index contributed by atoms with van der Waals surface area (Å²) >= 11 is 0. The first-order valence-electron chi connectivity index (χ1n) is 5.26. The largest absolute Gasteiger partial charge is 0.481 e. The first kappa shape index (κ1) is 14.2. The van der Waals surface area contributed by atoms with E-state index >= 15 is 0 Å². The summed E-state index contributed by atoms with van der Waals surface area (Å²) in [5, 5.41) is 18.5. The molecule has 0 fully saturated rings. The van der Waals surface area contributed by atoms with Crippen LogP contribution in [0.4, 0.5) is 0 Å². The molecule has 0 saturated carbocycles. The van der Waals surface area contributed by atoms with E-state index in [9.17, 15) is 9.90 Å². The highest BCUT2D eigenvalue weighted by Gasteiger charge is 2.33. The first-order chi connectivity index (χ1) is 6.67. The highest BCUT2D eigenvalue weighted by Crippen LogP contribution is 2.32. The van der Waals surface area contributed by atoms with Crippen LogP contribution in [0.2, 0.25) is 0 Å². The number of carboxylic acid groups (broad SMARTS) is 1. The molecule has 1 unspecified atom stereocenters. The van der Waals surface area contributed by atoms with Crippen LogP contribution in [0.5, 0.6) is 0 Å². The minimum atomic E-state index is -0.790. The Hall–Kier alpha value is -0.830. The number of hydrogen-bond acceptors (Lipinski definition) is 2. The topological polar surface area (TPSA) is 57.5 Å². The zero-order valence-electron chi connectivity index (χ0n) is 10.1. The van der Waals surface area contributed by atoms with Crippen LogP contribution < -0.4 is 0 Å². The maximum absolute atomic E-state index is 10.2. The summed E-state index contributed by atoms with van der Waals surface area (Å²) in [6.45, 7) is 7.75. The molecule has 2 N–H and O–H groups in total. The number of hydrogen-bond donors (Lipinski definition) is 2. The van der Waals surface area contributed by atoms with Crippen LogP contribution >= 0.6 is 0 Å². The lowest BCUT2D eigenvalue weighted by Gasteiger charge is -2.36. The van der Waals surface area contributed by atoms with E-state index in [1.807, 2.05) is 32.9 Å². The van der Waals surface area contributed by atoms with Crippen molar-refractivity contribution < 1.29 is 15.0 Å². The Kier molecular flexibility index (Phi) is 5.01. The van der Waals surface area contributed by atoms with Gasteiger partial charge in [0.15, 0.2) is 0 Å².